The maximum absolute atomic E-state index is 12.2. The SMILES string of the molecule is CC(C)Cc1nc(NCc2cccc3ncnn23)c2c(n1)C(=O)NCC2. The zero-order valence-corrected chi connectivity index (χ0v) is 14.9. The molecule has 1 amide bonds. The van der Waals surface area contributed by atoms with Crippen LogP contribution in [-0.4, -0.2) is 37.0 Å². The number of hydrogen-bond acceptors (Lipinski definition) is 6. The second kappa shape index (κ2) is 6.70. The molecule has 0 aliphatic carbocycles. The summed E-state index contributed by atoms with van der Waals surface area (Å²) >= 11 is 0. The Morgan fingerprint density at radius 1 is 1.31 bits per heavy atom. The number of amides is 1. The average Bonchev–Trinajstić information content (AvgIpc) is 3.09. The van der Waals surface area contributed by atoms with Gasteiger partial charge in [-0.2, -0.15) is 5.10 Å². The van der Waals surface area contributed by atoms with E-state index in [0.29, 0.717) is 30.5 Å². The zero-order chi connectivity index (χ0) is 18.1. The molecule has 0 aromatic carbocycles. The van der Waals surface area contributed by atoms with Crippen LogP contribution in [0.5, 0.6) is 0 Å². The number of carbonyl (C=O) groups is 1. The lowest BCUT2D eigenvalue weighted by Crippen LogP contribution is -2.34. The Hall–Kier alpha value is -3.03. The van der Waals surface area contributed by atoms with E-state index in [0.717, 1.165) is 35.6 Å². The summed E-state index contributed by atoms with van der Waals surface area (Å²) in [4.78, 5) is 25.6. The van der Waals surface area contributed by atoms with E-state index < -0.39 is 0 Å². The molecule has 8 heteroatoms. The molecule has 0 fully saturated rings. The van der Waals surface area contributed by atoms with Crippen LogP contribution in [0.25, 0.3) is 5.65 Å². The molecule has 2 N–H and O–H groups in total. The molecule has 1 aliphatic heterocycles. The number of nitrogens with one attached hydrogen (secondary N) is 2. The average molecular weight is 351 g/mol. The van der Waals surface area contributed by atoms with Crippen molar-refractivity contribution in [3.8, 4) is 0 Å². The summed E-state index contributed by atoms with van der Waals surface area (Å²) in [6.45, 7) is 5.36. The first-order valence-electron chi connectivity index (χ1n) is 8.81. The van der Waals surface area contributed by atoms with Crippen molar-refractivity contribution in [3.05, 3.63) is 47.3 Å². The minimum atomic E-state index is -0.125. The molecule has 0 bridgehead atoms. The van der Waals surface area contributed by atoms with Crippen LogP contribution in [-0.2, 0) is 19.4 Å². The summed E-state index contributed by atoms with van der Waals surface area (Å²) in [5.41, 5.74) is 3.14. The van der Waals surface area contributed by atoms with Crippen molar-refractivity contribution in [2.45, 2.75) is 33.2 Å². The molecule has 0 saturated carbocycles. The van der Waals surface area contributed by atoms with Crippen molar-refractivity contribution in [2.24, 2.45) is 5.92 Å². The van der Waals surface area contributed by atoms with Crippen molar-refractivity contribution in [2.75, 3.05) is 11.9 Å². The normalized spacial score (nSPS) is 13.7. The third-order valence-electron chi connectivity index (χ3n) is 4.34. The van der Waals surface area contributed by atoms with Gasteiger partial charge in [0.05, 0.1) is 12.2 Å². The third kappa shape index (κ3) is 3.10. The van der Waals surface area contributed by atoms with Gasteiger partial charge in [-0.1, -0.05) is 19.9 Å². The van der Waals surface area contributed by atoms with Crippen LogP contribution in [0.15, 0.2) is 24.5 Å². The zero-order valence-electron chi connectivity index (χ0n) is 14.9. The highest BCUT2D eigenvalue weighted by atomic mass is 16.1. The van der Waals surface area contributed by atoms with E-state index in [1.54, 1.807) is 4.52 Å². The Labute approximate surface area is 151 Å². The number of rotatable bonds is 5. The molecule has 4 heterocycles. The van der Waals surface area contributed by atoms with Gasteiger partial charge < -0.3 is 10.6 Å². The second-order valence-electron chi connectivity index (χ2n) is 6.82. The molecule has 0 saturated heterocycles. The molecule has 1 aliphatic rings. The fraction of sp³-hybridized carbons (Fsp3) is 0.389. The van der Waals surface area contributed by atoms with E-state index in [1.807, 2.05) is 18.2 Å². The van der Waals surface area contributed by atoms with Crippen LogP contribution in [0.1, 0.15) is 41.4 Å². The number of hydrogen-bond donors (Lipinski definition) is 2. The summed E-state index contributed by atoms with van der Waals surface area (Å²) in [6, 6.07) is 5.85. The van der Waals surface area contributed by atoms with E-state index >= 15 is 0 Å². The fourth-order valence-corrected chi connectivity index (χ4v) is 3.15. The topological polar surface area (TPSA) is 97.1 Å². The fourth-order valence-electron chi connectivity index (χ4n) is 3.15. The standard InChI is InChI=1S/C18H21N7O/c1-11(2)8-14-23-16-13(6-7-19-18(16)26)17(24-14)20-9-12-4-3-5-15-21-10-22-25(12)15/h3-5,10-11H,6-9H2,1-2H3,(H,19,26)(H,20,23,24). The smallest absolute Gasteiger partial charge is 0.270 e. The molecule has 0 unspecified atom stereocenters. The highest BCUT2D eigenvalue weighted by molar-refractivity contribution is 5.96. The van der Waals surface area contributed by atoms with Crippen LogP contribution in [0.2, 0.25) is 0 Å². The lowest BCUT2D eigenvalue weighted by molar-refractivity contribution is 0.0940. The number of anilines is 1. The number of pyridine rings is 1. The molecular formula is C18H21N7O. The van der Waals surface area contributed by atoms with Crippen molar-refractivity contribution >= 4 is 17.4 Å². The van der Waals surface area contributed by atoms with Crippen molar-refractivity contribution in [1.29, 1.82) is 0 Å². The number of fused-ring (bicyclic) bond motifs is 2. The van der Waals surface area contributed by atoms with Crippen LogP contribution >= 0.6 is 0 Å². The predicted octanol–water partition coefficient (Wildman–Crippen LogP) is 1.62. The van der Waals surface area contributed by atoms with Gasteiger partial charge in [-0.25, -0.2) is 19.5 Å². The molecular weight excluding hydrogens is 330 g/mol. The molecule has 3 aromatic rings. The van der Waals surface area contributed by atoms with Crippen LogP contribution in [0.3, 0.4) is 0 Å². The highest BCUT2D eigenvalue weighted by Crippen LogP contribution is 2.22. The van der Waals surface area contributed by atoms with Crippen LogP contribution < -0.4 is 10.6 Å². The highest BCUT2D eigenvalue weighted by Gasteiger charge is 2.24. The number of carbonyl (C=O) groups excluding carboxylic acids is 1. The molecule has 0 spiro atoms. The maximum atomic E-state index is 12.2. The van der Waals surface area contributed by atoms with Gasteiger partial charge in [-0.15, -0.1) is 0 Å². The Morgan fingerprint density at radius 2 is 2.19 bits per heavy atom. The van der Waals surface area contributed by atoms with Gasteiger partial charge in [0.15, 0.2) is 5.65 Å². The first-order valence-corrected chi connectivity index (χ1v) is 8.81. The van der Waals surface area contributed by atoms with Crippen molar-refractivity contribution < 1.29 is 4.79 Å². The van der Waals surface area contributed by atoms with Crippen molar-refractivity contribution in [3.63, 3.8) is 0 Å². The largest absolute Gasteiger partial charge is 0.364 e. The van der Waals surface area contributed by atoms with Gasteiger partial charge in [-0.05, 0) is 24.5 Å². The maximum Gasteiger partial charge on any atom is 0.270 e. The summed E-state index contributed by atoms with van der Waals surface area (Å²) in [7, 11) is 0. The monoisotopic (exact) mass is 351 g/mol. The van der Waals surface area contributed by atoms with Gasteiger partial charge in [0.1, 0.15) is 23.7 Å². The van der Waals surface area contributed by atoms with E-state index in [2.05, 4.69) is 39.5 Å². The number of nitrogens with zero attached hydrogens (tertiary/aromatic N) is 5. The van der Waals surface area contributed by atoms with E-state index in [9.17, 15) is 4.79 Å². The van der Waals surface area contributed by atoms with Gasteiger partial charge in [-0.3, -0.25) is 4.79 Å². The molecule has 26 heavy (non-hydrogen) atoms. The first-order chi connectivity index (χ1) is 12.6. The molecule has 134 valence electrons. The summed E-state index contributed by atoms with van der Waals surface area (Å²) in [6.07, 6.45) is 2.99. The Morgan fingerprint density at radius 3 is 3.04 bits per heavy atom. The third-order valence-corrected chi connectivity index (χ3v) is 4.34. The first kappa shape index (κ1) is 16.4. The van der Waals surface area contributed by atoms with E-state index in [4.69, 9.17) is 4.98 Å². The second-order valence-corrected chi connectivity index (χ2v) is 6.82. The molecule has 4 rings (SSSR count). The Balaban J connectivity index is 1.67. The minimum absolute atomic E-state index is 0.125. The van der Waals surface area contributed by atoms with E-state index in [-0.39, 0.29) is 5.91 Å². The quantitative estimate of drug-likeness (QED) is 0.725. The van der Waals surface area contributed by atoms with E-state index in [1.165, 1.54) is 6.33 Å². The molecule has 8 nitrogen and oxygen atoms in total. The molecule has 0 radical (unpaired) electrons. The Bertz CT molecular complexity index is 963. The van der Waals surface area contributed by atoms with Crippen LogP contribution in [0.4, 0.5) is 5.82 Å². The Kier molecular flexibility index (Phi) is 4.24. The van der Waals surface area contributed by atoms with Gasteiger partial charge in [0.2, 0.25) is 0 Å². The van der Waals surface area contributed by atoms with Crippen molar-refractivity contribution in [1.82, 2.24) is 29.9 Å². The lowest BCUT2D eigenvalue weighted by Gasteiger charge is -2.20. The lowest BCUT2D eigenvalue weighted by atomic mass is 10.0. The molecule has 3 aromatic heterocycles. The van der Waals surface area contributed by atoms with Gasteiger partial charge >= 0.3 is 0 Å². The molecule has 0 atom stereocenters. The number of aromatic nitrogens is 5. The predicted molar refractivity (Wildman–Crippen MR) is 96.9 cm³/mol. The van der Waals surface area contributed by atoms with Gasteiger partial charge in [0.25, 0.3) is 5.91 Å². The summed E-state index contributed by atoms with van der Waals surface area (Å²) < 4.78 is 1.79. The minimum Gasteiger partial charge on any atom is -0.364 e. The summed E-state index contributed by atoms with van der Waals surface area (Å²) in [5.74, 6) is 1.71. The summed E-state index contributed by atoms with van der Waals surface area (Å²) in [5, 5.41) is 10.5. The van der Waals surface area contributed by atoms with Crippen LogP contribution in [0, 0.1) is 5.92 Å². The van der Waals surface area contributed by atoms with Gasteiger partial charge in [0, 0.05) is 18.5 Å².